The topological polar surface area (TPSA) is 41.1 Å². The number of anilines is 1. The van der Waals surface area contributed by atoms with Crippen molar-refractivity contribution in [2.24, 2.45) is 0 Å². The summed E-state index contributed by atoms with van der Waals surface area (Å²) in [6.07, 6.45) is -11.7. The van der Waals surface area contributed by atoms with Gasteiger partial charge in [0.15, 0.2) is 0 Å². The number of hydrogen-bond donors (Lipinski definition) is 2. The zero-order chi connectivity index (χ0) is 19.6. The smallest absolute Gasteiger partial charge is 0.348 e. The van der Waals surface area contributed by atoms with E-state index in [1.54, 1.807) is 0 Å². The van der Waals surface area contributed by atoms with E-state index in [2.05, 4.69) is 0 Å². The molecule has 0 aliphatic carbocycles. The summed E-state index contributed by atoms with van der Waals surface area (Å²) >= 11 is 0. The van der Waals surface area contributed by atoms with E-state index in [0.717, 1.165) is 29.6 Å². The van der Waals surface area contributed by atoms with Crippen molar-refractivity contribution in [2.75, 3.05) is 5.32 Å². The number of amides is 1. The van der Waals surface area contributed by atoms with Crippen LogP contribution in [-0.4, -0.2) is 23.9 Å². The van der Waals surface area contributed by atoms with Gasteiger partial charge in [0.05, 0.1) is 0 Å². The molecule has 2 aromatic carbocycles. The molecule has 2 N–H and O–H groups in total. The Morgan fingerprint density at radius 2 is 1.42 bits per heavy atom. The Hall–Kier alpha value is -2.71. The first kappa shape index (κ1) is 19.6. The maximum atomic E-state index is 13.5. The molecule has 1 amide bonds. The second-order valence-corrected chi connectivity index (χ2v) is 5.56. The van der Waals surface area contributed by atoms with Gasteiger partial charge in [-0.25, -0.2) is 0 Å². The highest BCUT2D eigenvalue weighted by Gasteiger charge is 2.72. The van der Waals surface area contributed by atoms with Crippen LogP contribution in [-0.2, 0) is 0 Å². The molecular formula is C17H14F6N2O. The Morgan fingerprint density at radius 1 is 0.846 bits per heavy atom. The Balaban J connectivity index is 2.51. The van der Waals surface area contributed by atoms with Crippen LogP contribution in [0.3, 0.4) is 0 Å². The fourth-order valence-electron chi connectivity index (χ4n) is 2.25. The highest BCUT2D eigenvalue weighted by atomic mass is 19.4. The molecule has 9 heteroatoms. The van der Waals surface area contributed by atoms with E-state index in [9.17, 15) is 31.1 Å². The lowest BCUT2D eigenvalue weighted by Gasteiger charge is -2.39. The van der Waals surface area contributed by atoms with Crippen LogP contribution >= 0.6 is 0 Å². The second-order valence-electron chi connectivity index (χ2n) is 5.56. The zero-order valence-electron chi connectivity index (χ0n) is 13.4. The molecule has 0 radical (unpaired) electrons. The van der Waals surface area contributed by atoms with Crippen molar-refractivity contribution in [3.63, 3.8) is 0 Å². The molecule has 2 rings (SSSR count). The molecule has 0 aromatic heterocycles. The fraction of sp³-hybridized carbons (Fsp3) is 0.235. The van der Waals surface area contributed by atoms with Crippen LogP contribution in [0, 0.1) is 6.92 Å². The van der Waals surface area contributed by atoms with Crippen molar-refractivity contribution in [3.05, 3.63) is 65.7 Å². The number of benzene rings is 2. The number of nitrogens with one attached hydrogen (secondary N) is 2. The number of hydrogen-bond acceptors (Lipinski definition) is 2. The molecule has 0 spiro atoms. The Kier molecular flexibility index (Phi) is 5.20. The number of rotatable bonds is 4. The van der Waals surface area contributed by atoms with E-state index in [0.29, 0.717) is 5.56 Å². The molecule has 3 nitrogen and oxygen atoms in total. The molecule has 0 saturated heterocycles. The van der Waals surface area contributed by atoms with E-state index < -0.39 is 29.6 Å². The van der Waals surface area contributed by atoms with Gasteiger partial charge in [0.2, 0.25) is 0 Å². The van der Waals surface area contributed by atoms with Gasteiger partial charge in [-0.05, 0) is 36.8 Å². The van der Waals surface area contributed by atoms with Crippen LogP contribution in [0.5, 0.6) is 0 Å². The van der Waals surface area contributed by atoms with Gasteiger partial charge in [-0.3, -0.25) is 4.79 Å². The van der Waals surface area contributed by atoms with E-state index in [-0.39, 0.29) is 5.56 Å². The zero-order valence-corrected chi connectivity index (χ0v) is 13.4. The van der Waals surface area contributed by atoms with Crippen LogP contribution in [0.25, 0.3) is 0 Å². The lowest BCUT2D eigenvalue weighted by Crippen LogP contribution is -2.72. The Morgan fingerprint density at radius 3 is 1.92 bits per heavy atom. The summed E-state index contributed by atoms with van der Waals surface area (Å²) in [5, 5.41) is 2.53. The molecule has 26 heavy (non-hydrogen) atoms. The van der Waals surface area contributed by atoms with Crippen molar-refractivity contribution in [2.45, 2.75) is 24.9 Å². The molecule has 0 bridgehead atoms. The number of alkyl halides is 6. The van der Waals surface area contributed by atoms with Gasteiger partial charge in [0.1, 0.15) is 0 Å². The molecular weight excluding hydrogens is 362 g/mol. The lowest BCUT2D eigenvalue weighted by atomic mass is 10.1. The van der Waals surface area contributed by atoms with E-state index >= 15 is 0 Å². The molecule has 0 aliphatic rings. The maximum Gasteiger partial charge on any atom is 0.439 e. The minimum Gasteiger partial charge on any atom is -0.348 e. The van der Waals surface area contributed by atoms with Crippen molar-refractivity contribution in [1.82, 2.24) is 5.32 Å². The minimum atomic E-state index is -5.86. The summed E-state index contributed by atoms with van der Waals surface area (Å²) in [6, 6.07) is 11.3. The molecule has 0 heterocycles. The standard InChI is InChI=1S/C17H14F6N2O/c1-11-6-5-9-13(10-11)24-15(16(18,19)20,17(21,22)23)25-14(26)12-7-3-2-4-8-12/h2-10,24H,1H3,(H,25,26). The predicted molar refractivity (Wildman–Crippen MR) is 83.6 cm³/mol. The summed E-state index contributed by atoms with van der Waals surface area (Å²) in [7, 11) is 0. The molecule has 0 saturated carbocycles. The SMILES string of the molecule is Cc1cccc(NC(NC(=O)c2ccccc2)(C(F)(F)F)C(F)(F)F)c1. The first-order valence-electron chi connectivity index (χ1n) is 7.32. The number of carbonyl (C=O) groups is 1. The first-order valence-corrected chi connectivity index (χ1v) is 7.32. The summed E-state index contributed by atoms with van der Waals surface area (Å²) < 4.78 is 81.2. The molecule has 2 aromatic rings. The Bertz CT molecular complexity index is 757. The summed E-state index contributed by atoms with van der Waals surface area (Å²) in [5.74, 6) is -1.51. The number of carbonyl (C=O) groups excluding carboxylic acids is 1. The highest BCUT2D eigenvalue weighted by Crippen LogP contribution is 2.43. The summed E-state index contributed by atoms with van der Waals surface area (Å²) in [5.41, 5.74) is -4.98. The Labute approximate surface area is 145 Å². The third kappa shape index (κ3) is 3.92. The van der Waals surface area contributed by atoms with E-state index in [1.165, 1.54) is 42.6 Å². The van der Waals surface area contributed by atoms with Crippen molar-refractivity contribution in [3.8, 4) is 0 Å². The predicted octanol–water partition coefficient (Wildman–Crippen LogP) is 4.66. The third-order valence-corrected chi connectivity index (χ3v) is 3.54. The minimum absolute atomic E-state index is 0.337. The monoisotopic (exact) mass is 376 g/mol. The molecule has 0 fully saturated rings. The fourth-order valence-corrected chi connectivity index (χ4v) is 2.25. The molecule has 0 atom stereocenters. The van der Waals surface area contributed by atoms with Crippen LogP contribution < -0.4 is 10.6 Å². The molecule has 0 aliphatic heterocycles. The van der Waals surface area contributed by atoms with E-state index in [1.807, 2.05) is 0 Å². The van der Waals surface area contributed by atoms with Gasteiger partial charge >= 0.3 is 18.0 Å². The normalized spacial score (nSPS) is 12.6. The van der Waals surface area contributed by atoms with Crippen LogP contribution in [0.4, 0.5) is 32.0 Å². The van der Waals surface area contributed by atoms with Gasteiger partial charge in [-0.1, -0.05) is 30.3 Å². The maximum absolute atomic E-state index is 13.5. The van der Waals surface area contributed by atoms with Gasteiger partial charge in [0.25, 0.3) is 5.91 Å². The third-order valence-electron chi connectivity index (χ3n) is 3.54. The number of aryl methyl sites for hydroxylation is 1. The van der Waals surface area contributed by atoms with Gasteiger partial charge in [0, 0.05) is 11.3 Å². The van der Waals surface area contributed by atoms with Gasteiger partial charge < -0.3 is 10.6 Å². The van der Waals surface area contributed by atoms with Crippen molar-refractivity contribution >= 4 is 11.6 Å². The van der Waals surface area contributed by atoms with Crippen LogP contribution in [0.1, 0.15) is 15.9 Å². The van der Waals surface area contributed by atoms with Gasteiger partial charge in [-0.2, -0.15) is 26.3 Å². The van der Waals surface area contributed by atoms with Crippen LogP contribution in [0.2, 0.25) is 0 Å². The van der Waals surface area contributed by atoms with Crippen LogP contribution in [0.15, 0.2) is 54.6 Å². The summed E-state index contributed by atoms with van der Waals surface area (Å²) in [4.78, 5) is 12.1. The number of halogens is 6. The largest absolute Gasteiger partial charge is 0.439 e. The van der Waals surface area contributed by atoms with Crippen molar-refractivity contribution in [1.29, 1.82) is 0 Å². The molecule has 0 unspecified atom stereocenters. The average molecular weight is 376 g/mol. The summed E-state index contributed by atoms with van der Waals surface area (Å²) in [6.45, 7) is 1.51. The lowest BCUT2D eigenvalue weighted by molar-refractivity contribution is -0.294. The molecule has 140 valence electrons. The van der Waals surface area contributed by atoms with Crippen molar-refractivity contribution < 1.29 is 31.1 Å². The van der Waals surface area contributed by atoms with E-state index in [4.69, 9.17) is 0 Å². The average Bonchev–Trinajstić information content (AvgIpc) is 2.53. The second kappa shape index (κ2) is 6.89. The first-order chi connectivity index (χ1) is 12.0. The van der Waals surface area contributed by atoms with Gasteiger partial charge in [-0.15, -0.1) is 0 Å². The highest BCUT2D eigenvalue weighted by molar-refractivity contribution is 5.95. The quantitative estimate of drug-likeness (QED) is 0.602.